The molecule has 0 aromatic carbocycles. The van der Waals surface area contributed by atoms with Crippen LogP contribution in [-0.4, -0.2) is 78.9 Å². The lowest BCUT2D eigenvalue weighted by molar-refractivity contribution is -0.156. The maximum Gasteiger partial charge on any atom is 0.333 e. The van der Waals surface area contributed by atoms with Crippen LogP contribution in [-0.2, 0) is 19.1 Å². The van der Waals surface area contributed by atoms with Crippen molar-refractivity contribution in [1.29, 1.82) is 0 Å². The smallest absolute Gasteiger partial charge is 0.333 e. The zero-order valence-electron chi connectivity index (χ0n) is 16.5. The lowest BCUT2D eigenvalue weighted by atomic mass is 9.97. The van der Waals surface area contributed by atoms with Gasteiger partial charge in [-0.2, -0.15) is 0 Å². The van der Waals surface area contributed by atoms with Crippen LogP contribution in [0.15, 0.2) is 24.4 Å². The van der Waals surface area contributed by atoms with Gasteiger partial charge in [0.1, 0.15) is 0 Å². The Kier molecular flexibility index (Phi) is 8.02. The summed E-state index contributed by atoms with van der Waals surface area (Å²) in [5.74, 6) is -0.307. The molecule has 0 saturated carbocycles. The van der Waals surface area contributed by atoms with E-state index in [9.17, 15) is 14.4 Å². The van der Waals surface area contributed by atoms with Crippen molar-refractivity contribution in [2.24, 2.45) is 5.92 Å². The molecule has 7 heteroatoms. The summed E-state index contributed by atoms with van der Waals surface area (Å²) in [5, 5.41) is 0. The molecular formula is C19H31N3O4. The van der Waals surface area contributed by atoms with Gasteiger partial charge >= 0.3 is 5.97 Å². The number of amides is 2. The molecule has 0 spiro atoms. The van der Waals surface area contributed by atoms with Crippen LogP contribution in [0.4, 0.5) is 0 Å². The zero-order valence-corrected chi connectivity index (χ0v) is 16.5. The molecule has 1 unspecified atom stereocenters. The SMILES string of the molecule is C=C/C=C(\C(C)C)N(CC)C(=O)CN1CCC(C(=O)OC)(N(C)C=O)C1. The van der Waals surface area contributed by atoms with E-state index in [0.29, 0.717) is 25.9 Å². The Hall–Kier alpha value is -2.15. The lowest BCUT2D eigenvalue weighted by Crippen LogP contribution is -2.55. The van der Waals surface area contributed by atoms with E-state index in [0.717, 1.165) is 5.70 Å². The van der Waals surface area contributed by atoms with E-state index in [2.05, 4.69) is 6.58 Å². The number of nitrogens with zero attached hydrogens (tertiary/aromatic N) is 3. The van der Waals surface area contributed by atoms with Gasteiger partial charge in [-0.1, -0.05) is 26.5 Å². The Morgan fingerprint density at radius 1 is 1.38 bits per heavy atom. The number of ether oxygens (including phenoxy) is 1. The third-order valence-corrected chi connectivity index (χ3v) is 4.89. The standard InChI is InChI=1S/C19H31N3O4/c1-7-9-16(15(3)4)22(8-2)17(24)12-21-11-10-19(13-21,18(25)26-6)20(5)14-23/h7,9,14-15H,1,8,10-13H2,2-6H3/b16-9+. The molecular weight excluding hydrogens is 334 g/mol. The fourth-order valence-corrected chi connectivity index (χ4v) is 3.39. The van der Waals surface area contributed by atoms with Crippen molar-refractivity contribution in [3.8, 4) is 0 Å². The molecule has 0 aliphatic carbocycles. The summed E-state index contributed by atoms with van der Waals surface area (Å²) in [6.45, 7) is 11.3. The van der Waals surface area contributed by atoms with Gasteiger partial charge in [-0.25, -0.2) is 4.79 Å². The van der Waals surface area contributed by atoms with E-state index in [1.807, 2.05) is 31.7 Å². The van der Waals surface area contributed by atoms with Crippen LogP contribution in [0.2, 0.25) is 0 Å². The fraction of sp³-hybridized carbons (Fsp3) is 0.632. The summed E-state index contributed by atoms with van der Waals surface area (Å²) in [4.78, 5) is 41.4. The molecule has 7 nitrogen and oxygen atoms in total. The van der Waals surface area contributed by atoms with Crippen molar-refractivity contribution in [2.45, 2.75) is 32.7 Å². The number of likely N-dealkylation sites (tertiary alicyclic amines) is 1. The van der Waals surface area contributed by atoms with E-state index in [1.165, 1.54) is 12.0 Å². The maximum atomic E-state index is 12.9. The van der Waals surface area contributed by atoms with Crippen molar-refractivity contribution < 1.29 is 19.1 Å². The molecule has 0 bridgehead atoms. The topological polar surface area (TPSA) is 70.2 Å². The largest absolute Gasteiger partial charge is 0.467 e. The van der Waals surface area contributed by atoms with Gasteiger partial charge in [0.25, 0.3) is 0 Å². The molecule has 146 valence electrons. The number of hydrogen-bond acceptors (Lipinski definition) is 5. The average Bonchev–Trinajstić information content (AvgIpc) is 3.04. The minimum atomic E-state index is -1.04. The van der Waals surface area contributed by atoms with Crippen molar-refractivity contribution >= 4 is 18.3 Å². The predicted octanol–water partition coefficient (Wildman–Crippen LogP) is 1.27. The average molecular weight is 365 g/mol. The molecule has 1 rings (SSSR count). The second-order valence-corrected chi connectivity index (χ2v) is 6.82. The summed E-state index contributed by atoms with van der Waals surface area (Å²) >= 11 is 0. The second kappa shape index (κ2) is 9.52. The number of rotatable bonds is 9. The highest BCUT2D eigenvalue weighted by Crippen LogP contribution is 2.28. The van der Waals surface area contributed by atoms with E-state index < -0.39 is 11.5 Å². The first-order valence-electron chi connectivity index (χ1n) is 8.89. The summed E-state index contributed by atoms with van der Waals surface area (Å²) in [6.07, 6.45) is 4.61. The van der Waals surface area contributed by atoms with E-state index in [4.69, 9.17) is 4.74 Å². The highest BCUT2D eigenvalue weighted by Gasteiger charge is 2.49. The molecule has 0 radical (unpaired) electrons. The van der Waals surface area contributed by atoms with Crippen LogP contribution < -0.4 is 0 Å². The van der Waals surface area contributed by atoms with E-state index in [1.54, 1.807) is 18.0 Å². The van der Waals surface area contributed by atoms with Crippen LogP contribution in [0.5, 0.6) is 0 Å². The van der Waals surface area contributed by atoms with Crippen LogP contribution in [0.1, 0.15) is 27.2 Å². The van der Waals surface area contributed by atoms with Gasteiger partial charge < -0.3 is 14.5 Å². The molecule has 0 aromatic rings. The zero-order chi connectivity index (χ0) is 19.9. The van der Waals surface area contributed by atoms with Gasteiger partial charge in [0.15, 0.2) is 5.54 Å². The third kappa shape index (κ3) is 4.52. The van der Waals surface area contributed by atoms with Crippen molar-refractivity contribution in [2.75, 3.05) is 40.3 Å². The van der Waals surface area contributed by atoms with Crippen molar-refractivity contribution in [3.63, 3.8) is 0 Å². The molecule has 0 aromatic heterocycles. The number of carbonyl (C=O) groups is 3. The molecule has 1 aliphatic heterocycles. The second-order valence-electron chi connectivity index (χ2n) is 6.82. The van der Waals surface area contributed by atoms with Gasteiger partial charge in [-0.05, 0) is 25.3 Å². The number of carbonyl (C=O) groups excluding carboxylic acids is 3. The Bertz CT molecular complexity index is 573. The van der Waals surface area contributed by atoms with Crippen LogP contribution in [0.3, 0.4) is 0 Å². The molecule has 1 atom stereocenters. The van der Waals surface area contributed by atoms with Gasteiger partial charge in [0.2, 0.25) is 12.3 Å². The summed E-state index contributed by atoms with van der Waals surface area (Å²) in [6, 6.07) is 0. The number of likely N-dealkylation sites (N-methyl/N-ethyl adjacent to an activating group) is 2. The number of esters is 1. The Labute approximate surface area is 156 Å². The van der Waals surface area contributed by atoms with Crippen LogP contribution in [0.25, 0.3) is 0 Å². The minimum Gasteiger partial charge on any atom is -0.467 e. The number of allylic oxidation sites excluding steroid dienone is 3. The molecule has 1 heterocycles. The summed E-state index contributed by atoms with van der Waals surface area (Å²) in [5.41, 5.74) is -0.123. The van der Waals surface area contributed by atoms with Crippen molar-refractivity contribution in [3.05, 3.63) is 24.4 Å². The first kappa shape index (κ1) is 21.9. The molecule has 2 amide bonds. The number of hydrogen-bond donors (Lipinski definition) is 0. The highest BCUT2D eigenvalue weighted by atomic mass is 16.5. The van der Waals surface area contributed by atoms with Gasteiger partial charge in [-0.15, -0.1) is 0 Å². The molecule has 1 saturated heterocycles. The predicted molar refractivity (Wildman–Crippen MR) is 100 cm³/mol. The molecule has 1 fully saturated rings. The summed E-state index contributed by atoms with van der Waals surface area (Å²) in [7, 11) is 2.88. The van der Waals surface area contributed by atoms with E-state index >= 15 is 0 Å². The Morgan fingerprint density at radius 2 is 2.04 bits per heavy atom. The monoisotopic (exact) mass is 365 g/mol. The minimum absolute atomic E-state index is 0.0382. The first-order chi connectivity index (χ1) is 12.3. The van der Waals surface area contributed by atoms with Gasteiger partial charge in [0.05, 0.1) is 13.7 Å². The van der Waals surface area contributed by atoms with E-state index in [-0.39, 0.29) is 24.9 Å². The van der Waals surface area contributed by atoms with Crippen molar-refractivity contribution in [1.82, 2.24) is 14.7 Å². The fourth-order valence-electron chi connectivity index (χ4n) is 3.39. The molecule has 0 N–H and O–H groups in total. The molecule has 26 heavy (non-hydrogen) atoms. The van der Waals surface area contributed by atoms with Crippen LogP contribution in [0, 0.1) is 5.92 Å². The molecule has 1 aliphatic rings. The number of methoxy groups -OCH3 is 1. The normalized spacial score (nSPS) is 20.8. The highest BCUT2D eigenvalue weighted by molar-refractivity contribution is 5.85. The quantitative estimate of drug-likeness (QED) is 0.350. The first-order valence-corrected chi connectivity index (χ1v) is 8.89. The van der Waals surface area contributed by atoms with Gasteiger partial charge in [0, 0.05) is 32.4 Å². The lowest BCUT2D eigenvalue weighted by Gasteiger charge is -2.33. The Balaban J connectivity index is 2.93. The Morgan fingerprint density at radius 3 is 2.50 bits per heavy atom. The summed E-state index contributed by atoms with van der Waals surface area (Å²) < 4.78 is 4.90. The van der Waals surface area contributed by atoms with Crippen LogP contribution >= 0.6 is 0 Å². The van der Waals surface area contributed by atoms with Gasteiger partial charge in [-0.3, -0.25) is 14.5 Å². The maximum absolute atomic E-state index is 12.9. The third-order valence-electron chi connectivity index (χ3n) is 4.89.